The molecule has 0 radical (unpaired) electrons. The van der Waals surface area contributed by atoms with Gasteiger partial charge in [-0.3, -0.25) is 4.90 Å². The van der Waals surface area contributed by atoms with Crippen molar-refractivity contribution in [3.8, 4) is 0 Å². The highest BCUT2D eigenvalue weighted by Gasteiger charge is 2.38. The average molecular weight is 297 g/mol. The summed E-state index contributed by atoms with van der Waals surface area (Å²) in [5.41, 5.74) is 6.60. The molecule has 1 rings (SSSR count). The number of nitrogens with two attached hydrogens (primary N) is 1. The summed E-state index contributed by atoms with van der Waals surface area (Å²) in [6.07, 6.45) is 10.7. The topological polar surface area (TPSA) is 29.3 Å². The van der Waals surface area contributed by atoms with E-state index in [1.807, 2.05) is 0 Å². The maximum absolute atomic E-state index is 6.33. The maximum Gasteiger partial charge on any atom is 0.0334 e. The van der Waals surface area contributed by atoms with Crippen molar-refractivity contribution in [3.63, 3.8) is 0 Å². The largest absolute Gasteiger partial charge is 0.329 e. The lowest BCUT2D eigenvalue weighted by Crippen LogP contribution is -2.56. The summed E-state index contributed by atoms with van der Waals surface area (Å²) < 4.78 is 0. The molecule has 0 aromatic carbocycles. The molecule has 0 spiro atoms. The second kappa shape index (κ2) is 9.15. The molecule has 1 saturated carbocycles. The van der Waals surface area contributed by atoms with Gasteiger partial charge in [-0.15, -0.1) is 0 Å². The predicted octanol–water partition coefficient (Wildman–Crippen LogP) is 4.82. The van der Waals surface area contributed by atoms with E-state index in [9.17, 15) is 0 Å². The Balaban J connectivity index is 2.79. The molecular weight excluding hydrogens is 256 g/mol. The lowest BCUT2D eigenvalue weighted by atomic mass is 9.84. The van der Waals surface area contributed by atoms with Crippen LogP contribution >= 0.6 is 0 Å². The first-order valence-electron chi connectivity index (χ1n) is 9.43. The molecule has 1 aliphatic rings. The van der Waals surface area contributed by atoms with Crippen LogP contribution < -0.4 is 5.73 Å². The Hall–Kier alpha value is -0.0800. The van der Waals surface area contributed by atoms with Crippen molar-refractivity contribution < 1.29 is 0 Å². The second-order valence-electron chi connectivity index (χ2n) is 7.86. The molecule has 0 amide bonds. The Labute approximate surface area is 133 Å². The molecule has 2 N–H and O–H groups in total. The van der Waals surface area contributed by atoms with Gasteiger partial charge in [0.1, 0.15) is 0 Å². The third-order valence-corrected chi connectivity index (χ3v) is 5.76. The molecule has 0 aromatic heterocycles. The minimum atomic E-state index is 0.269. The van der Waals surface area contributed by atoms with E-state index in [2.05, 4.69) is 39.5 Å². The zero-order valence-electron chi connectivity index (χ0n) is 15.3. The zero-order valence-corrected chi connectivity index (χ0v) is 15.3. The van der Waals surface area contributed by atoms with Gasteiger partial charge in [0.15, 0.2) is 0 Å². The molecule has 0 aromatic rings. The Morgan fingerprint density at radius 3 is 2.33 bits per heavy atom. The van der Waals surface area contributed by atoms with E-state index in [0.29, 0.717) is 6.04 Å². The molecule has 0 bridgehead atoms. The molecule has 1 aliphatic carbocycles. The van der Waals surface area contributed by atoms with Crippen LogP contribution in [-0.4, -0.2) is 29.6 Å². The fourth-order valence-electron chi connectivity index (χ4n) is 4.27. The molecular formula is C19H40N2. The van der Waals surface area contributed by atoms with Crippen LogP contribution in [0, 0.1) is 11.8 Å². The van der Waals surface area contributed by atoms with E-state index >= 15 is 0 Å². The lowest BCUT2D eigenvalue weighted by molar-refractivity contribution is 0.0447. The van der Waals surface area contributed by atoms with Crippen LogP contribution in [0.15, 0.2) is 0 Å². The van der Waals surface area contributed by atoms with Crippen LogP contribution in [0.3, 0.4) is 0 Å². The van der Waals surface area contributed by atoms with Gasteiger partial charge >= 0.3 is 0 Å². The summed E-state index contributed by atoms with van der Waals surface area (Å²) in [5.74, 6) is 1.73. The molecule has 2 atom stereocenters. The van der Waals surface area contributed by atoms with Crippen molar-refractivity contribution in [2.24, 2.45) is 17.6 Å². The third-order valence-electron chi connectivity index (χ3n) is 5.76. The van der Waals surface area contributed by atoms with Crippen LogP contribution in [0.4, 0.5) is 0 Å². The van der Waals surface area contributed by atoms with Crippen LogP contribution in [0.5, 0.6) is 0 Å². The summed E-state index contributed by atoms with van der Waals surface area (Å²) in [7, 11) is 0. The highest BCUT2D eigenvalue weighted by atomic mass is 15.2. The Morgan fingerprint density at radius 2 is 1.81 bits per heavy atom. The van der Waals surface area contributed by atoms with Crippen LogP contribution in [0.1, 0.15) is 86.0 Å². The smallest absolute Gasteiger partial charge is 0.0334 e. The quantitative estimate of drug-likeness (QED) is 0.514. The highest BCUT2D eigenvalue weighted by Crippen LogP contribution is 2.38. The van der Waals surface area contributed by atoms with E-state index in [1.165, 1.54) is 57.9 Å². The first kappa shape index (κ1) is 19.0. The van der Waals surface area contributed by atoms with Gasteiger partial charge in [0, 0.05) is 18.1 Å². The van der Waals surface area contributed by atoms with E-state index in [1.54, 1.807) is 0 Å². The molecule has 0 saturated heterocycles. The summed E-state index contributed by atoms with van der Waals surface area (Å²) in [6.45, 7) is 13.8. The third kappa shape index (κ3) is 5.25. The van der Waals surface area contributed by atoms with Gasteiger partial charge in [-0.2, -0.15) is 0 Å². The van der Waals surface area contributed by atoms with Crippen LogP contribution in [-0.2, 0) is 0 Å². The molecule has 2 nitrogen and oxygen atoms in total. The SMILES string of the molecule is CCCCCN(C(C)C)C1(CN)CCCC(C(C)C)CC1. The van der Waals surface area contributed by atoms with Gasteiger partial charge < -0.3 is 5.73 Å². The second-order valence-corrected chi connectivity index (χ2v) is 7.86. The molecule has 2 unspecified atom stereocenters. The minimum Gasteiger partial charge on any atom is -0.329 e. The minimum absolute atomic E-state index is 0.269. The van der Waals surface area contributed by atoms with Gasteiger partial charge in [-0.25, -0.2) is 0 Å². The van der Waals surface area contributed by atoms with Gasteiger partial charge in [-0.05, 0) is 57.9 Å². The standard InChI is InChI=1S/C19H40N2/c1-6-7-8-14-21(17(4)5)19(15-20)12-9-10-18(11-13-19)16(2)3/h16-18H,6-15,20H2,1-5H3. The highest BCUT2D eigenvalue weighted by molar-refractivity contribution is 4.96. The summed E-state index contributed by atoms with van der Waals surface area (Å²) in [6, 6.07) is 0.612. The first-order valence-corrected chi connectivity index (χ1v) is 9.43. The van der Waals surface area contributed by atoms with Gasteiger partial charge in [0.05, 0.1) is 0 Å². The van der Waals surface area contributed by atoms with E-state index < -0.39 is 0 Å². The van der Waals surface area contributed by atoms with Gasteiger partial charge in [0.2, 0.25) is 0 Å². The molecule has 21 heavy (non-hydrogen) atoms. The fourth-order valence-corrected chi connectivity index (χ4v) is 4.27. The van der Waals surface area contributed by atoms with Gasteiger partial charge in [0.25, 0.3) is 0 Å². The summed E-state index contributed by atoms with van der Waals surface area (Å²) >= 11 is 0. The van der Waals surface area contributed by atoms with Crippen molar-refractivity contribution in [2.75, 3.05) is 13.1 Å². The van der Waals surface area contributed by atoms with E-state index in [0.717, 1.165) is 18.4 Å². The lowest BCUT2D eigenvalue weighted by Gasteiger charge is -2.46. The molecule has 2 heteroatoms. The van der Waals surface area contributed by atoms with E-state index in [-0.39, 0.29) is 5.54 Å². The normalized spacial score (nSPS) is 27.6. The van der Waals surface area contributed by atoms with E-state index in [4.69, 9.17) is 5.73 Å². The number of rotatable bonds is 8. The molecule has 0 heterocycles. The van der Waals surface area contributed by atoms with Crippen molar-refractivity contribution in [1.82, 2.24) is 4.90 Å². The monoisotopic (exact) mass is 296 g/mol. The first-order chi connectivity index (χ1) is 9.96. The molecule has 0 aliphatic heterocycles. The Morgan fingerprint density at radius 1 is 1.10 bits per heavy atom. The fraction of sp³-hybridized carbons (Fsp3) is 1.00. The molecule has 1 fully saturated rings. The van der Waals surface area contributed by atoms with Crippen molar-refractivity contribution in [1.29, 1.82) is 0 Å². The van der Waals surface area contributed by atoms with Crippen molar-refractivity contribution in [3.05, 3.63) is 0 Å². The maximum atomic E-state index is 6.33. The van der Waals surface area contributed by atoms with Crippen molar-refractivity contribution in [2.45, 2.75) is 97.6 Å². The summed E-state index contributed by atoms with van der Waals surface area (Å²) in [5, 5.41) is 0. The molecule has 126 valence electrons. The number of hydrogen-bond acceptors (Lipinski definition) is 2. The van der Waals surface area contributed by atoms with Gasteiger partial charge in [-0.1, -0.05) is 46.5 Å². The number of hydrogen-bond donors (Lipinski definition) is 1. The van der Waals surface area contributed by atoms with Crippen LogP contribution in [0.25, 0.3) is 0 Å². The number of unbranched alkanes of at least 4 members (excludes halogenated alkanes) is 2. The Bertz CT molecular complexity index is 275. The summed E-state index contributed by atoms with van der Waals surface area (Å²) in [4.78, 5) is 2.76. The average Bonchev–Trinajstić information content (AvgIpc) is 2.66. The zero-order chi connectivity index (χ0) is 15.9. The van der Waals surface area contributed by atoms with Crippen LogP contribution in [0.2, 0.25) is 0 Å². The number of nitrogens with zero attached hydrogens (tertiary/aromatic N) is 1. The predicted molar refractivity (Wildman–Crippen MR) is 94.6 cm³/mol. The van der Waals surface area contributed by atoms with Crippen molar-refractivity contribution >= 4 is 0 Å². The Kier molecular flexibility index (Phi) is 8.26.